The molecule has 0 amide bonds. The lowest BCUT2D eigenvalue weighted by Crippen LogP contribution is -2.03. The molecular weight excluding hydrogens is 252 g/mol. The Morgan fingerprint density at radius 1 is 1.15 bits per heavy atom. The molecule has 0 spiro atoms. The third kappa shape index (κ3) is 4.09. The van der Waals surface area contributed by atoms with Crippen LogP contribution in [0.3, 0.4) is 0 Å². The van der Waals surface area contributed by atoms with Crippen LogP contribution in [0.1, 0.15) is 17.5 Å². The highest BCUT2D eigenvalue weighted by molar-refractivity contribution is 5.53. The minimum atomic E-state index is -0.359. The second-order valence-corrected chi connectivity index (χ2v) is 4.83. The van der Waals surface area contributed by atoms with E-state index >= 15 is 0 Å². The van der Waals surface area contributed by atoms with Gasteiger partial charge in [-0.05, 0) is 37.0 Å². The number of nitrogens with zero attached hydrogens (tertiary/aromatic N) is 1. The molecule has 0 saturated heterocycles. The molecule has 2 aromatic rings. The van der Waals surface area contributed by atoms with Crippen LogP contribution in [0.4, 0.5) is 11.4 Å². The number of hydrogen-bond acceptors (Lipinski definition) is 3. The van der Waals surface area contributed by atoms with Crippen molar-refractivity contribution in [3.05, 3.63) is 69.8 Å². The van der Waals surface area contributed by atoms with Crippen LogP contribution in [0, 0.1) is 17.0 Å². The van der Waals surface area contributed by atoms with Gasteiger partial charge in [-0.3, -0.25) is 10.1 Å². The SMILES string of the molecule is Cc1cc(NCCCc2ccccc2)cc([N+](=O)[O-])c1. The topological polar surface area (TPSA) is 55.2 Å². The van der Waals surface area contributed by atoms with Gasteiger partial charge in [0.1, 0.15) is 0 Å². The third-order valence-corrected chi connectivity index (χ3v) is 3.09. The Kier molecular flexibility index (Phi) is 4.71. The fourth-order valence-corrected chi connectivity index (χ4v) is 2.14. The first-order valence-corrected chi connectivity index (χ1v) is 6.69. The fourth-order valence-electron chi connectivity index (χ4n) is 2.14. The van der Waals surface area contributed by atoms with E-state index in [-0.39, 0.29) is 10.6 Å². The lowest BCUT2D eigenvalue weighted by atomic mass is 10.1. The van der Waals surface area contributed by atoms with Crippen molar-refractivity contribution in [1.29, 1.82) is 0 Å². The Labute approximate surface area is 118 Å². The average Bonchev–Trinajstić information content (AvgIpc) is 2.44. The van der Waals surface area contributed by atoms with E-state index in [0.29, 0.717) is 0 Å². The van der Waals surface area contributed by atoms with Gasteiger partial charge in [0.15, 0.2) is 0 Å². The van der Waals surface area contributed by atoms with E-state index in [1.54, 1.807) is 12.1 Å². The molecule has 0 fully saturated rings. The molecule has 4 nitrogen and oxygen atoms in total. The summed E-state index contributed by atoms with van der Waals surface area (Å²) >= 11 is 0. The van der Waals surface area contributed by atoms with Crippen molar-refractivity contribution in [2.24, 2.45) is 0 Å². The van der Waals surface area contributed by atoms with Crippen LogP contribution in [0.5, 0.6) is 0 Å². The predicted octanol–water partition coefficient (Wildman–Crippen LogP) is 3.95. The molecule has 0 aromatic heterocycles. The molecule has 0 aliphatic carbocycles. The van der Waals surface area contributed by atoms with E-state index in [2.05, 4.69) is 17.4 Å². The van der Waals surface area contributed by atoms with E-state index in [4.69, 9.17) is 0 Å². The maximum absolute atomic E-state index is 10.8. The van der Waals surface area contributed by atoms with Crippen molar-refractivity contribution in [3.63, 3.8) is 0 Å². The Morgan fingerprint density at radius 2 is 1.90 bits per heavy atom. The molecule has 20 heavy (non-hydrogen) atoms. The van der Waals surface area contributed by atoms with Crippen molar-refractivity contribution < 1.29 is 4.92 Å². The zero-order valence-corrected chi connectivity index (χ0v) is 11.5. The molecule has 0 atom stereocenters. The molecule has 2 aromatic carbocycles. The molecular formula is C16H18N2O2. The number of rotatable bonds is 6. The van der Waals surface area contributed by atoms with E-state index in [0.717, 1.165) is 30.6 Å². The highest BCUT2D eigenvalue weighted by Crippen LogP contribution is 2.20. The molecule has 4 heteroatoms. The zero-order valence-electron chi connectivity index (χ0n) is 11.5. The fraction of sp³-hybridized carbons (Fsp3) is 0.250. The quantitative estimate of drug-likeness (QED) is 0.491. The minimum absolute atomic E-state index is 0.135. The monoisotopic (exact) mass is 270 g/mol. The number of nitro benzene ring substituents is 1. The van der Waals surface area contributed by atoms with Gasteiger partial charge in [-0.2, -0.15) is 0 Å². The molecule has 0 unspecified atom stereocenters. The van der Waals surface area contributed by atoms with E-state index in [1.807, 2.05) is 31.2 Å². The van der Waals surface area contributed by atoms with Gasteiger partial charge >= 0.3 is 0 Å². The summed E-state index contributed by atoms with van der Waals surface area (Å²) in [5.41, 5.74) is 3.15. The molecule has 0 aliphatic rings. The summed E-state index contributed by atoms with van der Waals surface area (Å²) in [5, 5.41) is 14.0. The summed E-state index contributed by atoms with van der Waals surface area (Å²) < 4.78 is 0. The van der Waals surface area contributed by atoms with Crippen LogP contribution in [0.2, 0.25) is 0 Å². The van der Waals surface area contributed by atoms with Crippen LogP contribution < -0.4 is 5.32 Å². The summed E-state index contributed by atoms with van der Waals surface area (Å²) in [4.78, 5) is 10.4. The van der Waals surface area contributed by atoms with Crippen LogP contribution in [0.25, 0.3) is 0 Å². The Hall–Kier alpha value is -2.36. The Balaban J connectivity index is 1.86. The van der Waals surface area contributed by atoms with Crippen molar-refractivity contribution in [3.8, 4) is 0 Å². The van der Waals surface area contributed by atoms with Gasteiger partial charge in [0.25, 0.3) is 5.69 Å². The van der Waals surface area contributed by atoms with Gasteiger partial charge in [0.05, 0.1) is 4.92 Å². The van der Waals surface area contributed by atoms with Crippen LogP contribution in [-0.2, 0) is 6.42 Å². The number of anilines is 1. The van der Waals surface area contributed by atoms with Crippen molar-refractivity contribution in [2.45, 2.75) is 19.8 Å². The molecule has 104 valence electrons. The lowest BCUT2D eigenvalue weighted by molar-refractivity contribution is -0.384. The maximum atomic E-state index is 10.8. The lowest BCUT2D eigenvalue weighted by Gasteiger charge is -2.07. The largest absolute Gasteiger partial charge is 0.385 e. The van der Waals surface area contributed by atoms with Gasteiger partial charge in [-0.25, -0.2) is 0 Å². The smallest absolute Gasteiger partial charge is 0.271 e. The van der Waals surface area contributed by atoms with Crippen molar-refractivity contribution >= 4 is 11.4 Å². The number of benzene rings is 2. The molecule has 1 N–H and O–H groups in total. The number of non-ortho nitro benzene ring substituents is 1. The summed E-state index contributed by atoms with van der Waals surface area (Å²) in [6.45, 7) is 2.66. The van der Waals surface area contributed by atoms with Gasteiger partial charge in [-0.1, -0.05) is 30.3 Å². The van der Waals surface area contributed by atoms with Crippen molar-refractivity contribution in [2.75, 3.05) is 11.9 Å². The maximum Gasteiger partial charge on any atom is 0.271 e. The van der Waals surface area contributed by atoms with E-state index in [1.165, 1.54) is 5.56 Å². The highest BCUT2D eigenvalue weighted by Gasteiger charge is 2.07. The van der Waals surface area contributed by atoms with Crippen LogP contribution >= 0.6 is 0 Å². The molecule has 2 rings (SSSR count). The molecule has 0 aliphatic heterocycles. The second kappa shape index (κ2) is 6.70. The summed E-state index contributed by atoms with van der Waals surface area (Å²) in [5.74, 6) is 0. The third-order valence-electron chi connectivity index (χ3n) is 3.09. The van der Waals surface area contributed by atoms with Crippen LogP contribution in [-0.4, -0.2) is 11.5 Å². The van der Waals surface area contributed by atoms with Gasteiger partial charge in [0.2, 0.25) is 0 Å². The van der Waals surface area contributed by atoms with Gasteiger partial charge in [-0.15, -0.1) is 0 Å². The first-order chi connectivity index (χ1) is 9.65. The van der Waals surface area contributed by atoms with Crippen molar-refractivity contribution in [1.82, 2.24) is 0 Å². The molecule has 0 heterocycles. The number of aryl methyl sites for hydroxylation is 2. The van der Waals surface area contributed by atoms with Crippen LogP contribution in [0.15, 0.2) is 48.5 Å². The van der Waals surface area contributed by atoms with Gasteiger partial charge < -0.3 is 5.32 Å². The minimum Gasteiger partial charge on any atom is -0.385 e. The summed E-state index contributed by atoms with van der Waals surface area (Å²) in [6.07, 6.45) is 1.99. The highest BCUT2D eigenvalue weighted by atomic mass is 16.6. The average molecular weight is 270 g/mol. The first-order valence-electron chi connectivity index (χ1n) is 6.69. The number of nitro groups is 1. The zero-order chi connectivity index (χ0) is 14.4. The number of nitrogens with one attached hydrogen (secondary N) is 1. The molecule has 0 bridgehead atoms. The summed E-state index contributed by atoms with van der Waals surface area (Å²) in [6, 6.07) is 15.4. The molecule has 0 radical (unpaired) electrons. The summed E-state index contributed by atoms with van der Waals surface area (Å²) in [7, 11) is 0. The van der Waals surface area contributed by atoms with Gasteiger partial charge in [0, 0.05) is 24.4 Å². The Bertz CT molecular complexity index is 582. The predicted molar refractivity (Wildman–Crippen MR) is 81.1 cm³/mol. The number of hydrogen-bond donors (Lipinski definition) is 1. The Morgan fingerprint density at radius 3 is 2.60 bits per heavy atom. The molecule has 0 saturated carbocycles. The van der Waals surface area contributed by atoms with E-state index < -0.39 is 0 Å². The second-order valence-electron chi connectivity index (χ2n) is 4.83. The standard InChI is InChI=1S/C16H18N2O2/c1-13-10-15(12-16(11-13)18(19)20)17-9-5-8-14-6-3-2-4-7-14/h2-4,6-7,10-12,17H,5,8-9H2,1H3. The first kappa shape index (κ1) is 14.1. The normalized spacial score (nSPS) is 10.2. The van der Waals surface area contributed by atoms with E-state index in [9.17, 15) is 10.1 Å².